The van der Waals surface area contributed by atoms with Gasteiger partial charge < -0.3 is 19.1 Å². The van der Waals surface area contributed by atoms with Crippen LogP contribution >= 0.6 is 11.8 Å². The number of thioether (sulfide) groups is 1. The molecule has 4 aromatic carbocycles. The molecule has 1 amide bonds. The van der Waals surface area contributed by atoms with Gasteiger partial charge >= 0.3 is 6.18 Å². The lowest BCUT2D eigenvalue weighted by molar-refractivity contribution is -0.138. The van der Waals surface area contributed by atoms with Crippen LogP contribution in [0.15, 0.2) is 100 Å². The number of nitrogens with zero attached hydrogens (tertiary/aromatic N) is 3. The summed E-state index contributed by atoms with van der Waals surface area (Å²) in [7, 11) is -3.01. The number of hydrogen-bond acceptors (Lipinski definition) is 5. The van der Waals surface area contributed by atoms with Crippen molar-refractivity contribution in [1.29, 1.82) is 0 Å². The topological polar surface area (TPSA) is 54.8 Å². The zero-order valence-electron chi connectivity index (χ0n) is 49.4. The molecule has 12 heteroatoms. The average Bonchev–Trinajstić information content (AvgIpc) is 3.32. The summed E-state index contributed by atoms with van der Waals surface area (Å²) in [6.45, 7) is -5.47. The fraction of sp³-hybridized carbons (Fsp3) is 0.317. The fourth-order valence-corrected chi connectivity index (χ4v) is 6.25. The molecule has 0 spiro atoms. The molecule has 6 rings (SSSR count). The van der Waals surface area contributed by atoms with Crippen molar-refractivity contribution in [2.75, 3.05) is 33.2 Å². The second-order valence-electron chi connectivity index (χ2n) is 11.4. The van der Waals surface area contributed by atoms with E-state index in [4.69, 9.17) is 34.9 Å². The van der Waals surface area contributed by atoms with Crippen molar-refractivity contribution >= 4 is 28.6 Å². The van der Waals surface area contributed by atoms with Crippen molar-refractivity contribution in [2.24, 2.45) is 0 Å². The number of methoxy groups -OCH3 is 1. The summed E-state index contributed by atoms with van der Waals surface area (Å²) in [5.41, 5.74) is -12.3. The molecule has 1 aliphatic rings. The molecule has 1 aromatic heterocycles. The molecule has 0 atom stereocenters. The molecule has 1 aliphatic heterocycles. The predicted octanol–water partition coefficient (Wildman–Crippen LogP) is 8.71. The number of pyridine rings is 1. The van der Waals surface area contributed by atoms with Gasteiger partial charge in [-0.05, 0) is 66.2 Å². The molecule has 0 aliphatic carbocycles. The van der Waals surface area contributed by atoms with E-state index in [2.05, 4.69) is 0 Å². The third kappa shape index (κ3) is 9.00. The highest BCUT2D eigenvalue weighted by Gasteiger charge is 2.32. The zero-order chi connectivity index (χ0) is 56.8. The normalized spacial score (nSPS) is 20.9. The Kier molecular flexibility index (Phi) is 6.03. The van der Waals surface area contributed by atoms with E-state index in [0.717, 1.165) is 16.7 Å². The molecule has 0 N–H and O–H groups in total. The molecule has 0 saturated carbocycles. The van der Waals surface area contributed by atoms with Crippen molar-refractivity contribution in [3.8, 4) is 11.1 Å². The number of aromatic nitrogens is 1. The van der Waals surface area contributed by atoms with Gasteiger partial charge in [-0.25, -0.2) is 8.78 Å². The number of likely N-dealkylation sites (tertiary alicyclic amines) is 1. The highest BCUT2D eigenvalue weighted by atomic mass is 32.2. The number of para-hydroxylation sites is 1. The lowest BCUT2D eigenvalue weighted by atomic mass is 9.98. The van der Waals surface area contributed by atoms with Gasteiger partial charge in [-0.2, -0.15) is 13.2 Å². The van der Waals surface area contributed by atoms with Crippen LogP contribution in [-0.4, -0.2) is 59.5 Å². The molecule has 5 aromatic rings. The Morgan fingerprint density at radius 2 is 1.74 bits per heavy atom. The summed E-state index contributed by atoms with van der Waals surface area (Å²) >= 11 is -0.327. The first kappa shape index (κ1) is 19.2. The Labute approximate surface area is 340 Å². The molecular formula is C41H40F5N3O3S. The first-order valence-electron chi connectivity index (χ1n) is 26.5. The zero-order valence-corrected chi connectivity index (χ0v) is 28.2. The summed E-state index contributed by atoms with van der Waals surface area (Å²) in [4.78, 5) is 31.2. The first-order valence-corrected chi connectivity index (χ1v) is 16.4. The van der Waals surface area contributed by atoms with Crippen LogP contribution in [0.4, 0.5) is 22.0 Å². The van der Waals surface area contributed by atoms with Crippen LogP contribution in [0.5, 0.6) is 0 Å². The first-order chi connectivity index (χ1) is 34.3. The number of fused-ring (bicyclic) bond motifs is 1. The van der Waals surface area contributed by atoms with Crippen LogP contribution < -0.4 is 5.43 Å². The maximum Gasteiger partial charge on any atom is 0.416 e. The van der Waals surface area contributed by atoms with E-state index >= 15 is 9.18 Å². The lowest BCUT2D eigenvalue weighted by Crippen LogP contribution is -2.48. The number of hydrogen-bond donors (Lipinski definition) is 0. The molecular weight excluding hydrogens is 710 g/mol. The number of benzene rings is 4. The molecule has 1 fully saturated rings. The maximum atomic E-state index is 15.5. The van der Waals surface area contributed by atoms with Gasteiger partial charge in [0, 0.05) is 67.4 Å². The van der Waals surface area contributed by atoms with Crippen molar-refractivity contribution in [2.45, 2.75) is 55.8 Å². The monoisotopic (exact) mass is 771 g/mol. The predicted molar refractivity (Wildman–Crippen MR) is 198 cm³/mol. The van der Waals surface area contributed by atoms with Gasteiger partial charge in [-0.3, -0.25) is 9.59 Å². The molecule has 278 valence electrons. The minimum atomic E-state index is -5.22. The van der Waals surface area contributed by atoms with Gasteiger partial charge in [-0.1, -0.05) is 60.4 Å². The second-order valence-corrected chi connectivity index (χ2v) is 12.2. The van der Waals surface area contributed by atoms with E-state index in [1.54, 1.807) is 0 Å². The summed E-state index contributed by atoms with van der Waals surface area (Å²) in [6.07, 6.45) is -5.72. The van der Waals surface area contributed by atoms with Crippen molar-refractivity contribution < 1.29 is 61.6 Å². The highest BCUT2D eigenvalue weighted by Crippen LogP contribution is 2.34. The molecule has 2 heterocycles. The third-order valence-electron chi connectivity index (χ3n) is 8.07. The van der Waals surface area contributed by atoms with Crippen molar-refractivity contribution in [1.82, 2.24) is 14.4 Å². The summed E-state index contributed by atoms with van der Waals surface area (Å²) < 4.78 is 262. The number of carbonyl (C=O) groups is 1. The smallest absolute Gasteiger partial charge is 0.383 e. The van der Waals surface area contributed by atoms with Crippen LogP contribution in [-0.2, 0) is 34.5 Å². The van der Waals surface area contributed by atoms with Crippen molar-refractivity contribution in [3.05, 3.63) is 135 Å². The molecule has 0 bridgehead atoms. The maximum absolute atomic E-state index is 15.5. The third-order valence-corrected chi connectivity index (χ3v) is 8.89. The summed E-state index contributed by atoms with van der Waals surface area (Å²) in [5, 5.41) is -1.94. The van der Waals surface area contributed by atoms with Gasteiger partial charge in [0.05, 0.1) is 47.4 Å². The van der Waals surface area contributed by atoms with Gasteiger partial charge in [0.2, 0.25) is 5.91 Å². The fourth-order valence-electron chi connectivity index (χ4n) is 5.50. The Morgan fingerprint density at radius 3 is 2.47 bits per heavy atom. The Morgan fingerprint density at radius 1 is 1.00 bits per heavy atom. The average molecular weight is 772 g/mol. The van der Waals surface area contributed by atoms with E-state index in [9.17, 15) is 22.4 Å². The van der Waals surface area contributed by atoms with Gasteiger partial charge in [0.15, 0.2) is 17.1 Å². The van der Waals surface area contributed by atoms with E-state index < -0.39 is 214 Å². The minimum Gasteiger partial charge on any atom is -0.383 e. The van der Waals surface area contributed by atoms with Gasteiger partial charge in [0.1, 0.15) is 6.54 Å². The second kappa shape index (κ2) is 16.7. The molecule has 53 heavy (non-hydrogen) atoms. The largest absolute Gasteiger partial charge is 0.416 e. The van der Waals surface area contributed by atoms with Crippen LogP contribution in [0.3, 0.4) is 0 Å². The van der Waals surface area contributed by atoms with Gasteiger partial charge in [-0.15, -0.1) is 11.8 Å². The quantitative estimate of drug-likeness (QED) is 0.0939. The number of alkyl halides is 3. The van der Waals surface area contributed by atoms with E-state index in [0.29, 0.717) is 4.57 Å². The Bertz CT molecular complexity index is 3170. The Hall–Kier alpha value is -4.52. The number of piperidine rings is 1. The standard InChI is InChI=1S/C41H40F5N3O3S/c1-27-22-30(14-15-34(27)41(44,45)46)29-12-10-28(11-13-29)24-48(32-16-18-47(19-17-32)20-21-52-2)38(51)25-49-36-9-4-3-7-33(36)37(50)23-39(49)53-26-31-6-5-8-35(42)40(31)43/h3-15,22-23,32H,16-21,24-26H2,1-2H3/i2D3,3D,4D,5D,6D,7D,8D,9D,10D,11D,12D,13D,14D,15D,20D2,22D,23D,26D2. The minimum absolute atomic E-state index is 0.252. The number of halogens is 5. The number of amides is 1. The van der Waals surface area contributed by atoms with Crippen LogP contribution in [0.25, 0.3) is 22.0 Å². The Balaban J connectivity index is 1.57. The molecule has 0 radical (unpaired) electrons. The van der Waals surface area contributed by atoms with E-state index in [1.165, 1.54) is 0 Å². The van der Waals surface area contributed by atoms with Crippen LogP contribution in [0.1, 0.15) is 65.3 Å². The SMILES string of the molecule is [2H]c1c([2H])c(F)c(F)c(C([2H])([2H])Sc2c([2H])c(=O)c3c([2H])c([2H])c([2H])c([2H])c3n2CC(=O)N(Cc2c([2H])c([2H])c(-c3c([2H])c([2H])c(C(F)(F)F)c(C)c3[2H])c([2H])c2[2H])C2CCN(C([2H])([2H])COC([2H])([2H])[2H])CC2)c1[2H]. The van der Waals surface area contributed by atoms with E-state index in [1.807, 2.05) is 0 Å². The molecule has 0 unspecified atom stereocenters. The molecule has 6 nitrogen and oxygen atoms in total. The summed E-state index contributed by atoms with van der Waals surface area (Å²) in [5.74, 6) is -5.42. The van der Waals surface area contributed by atoms with Crippen LogP contribution in [0, 0.1) is 18.6 Å². The molecule has 1 saturated heterocycles. The number of rotatable bonds is 12. The number of carbonyl (C=O) groups excluding carboxylic acids is 1. The highest BCUT2D eigenvalue weighted by molar-refractivity contribution is 7.98. The van der Waals surface area contributed by atoms with Crippen molar-refractivity contribution in [3.63, 3.8) is 0 Å². The van der Waals surface area contributed by atoms with Crippen LogP contribution in [0.2, 0.25) is 0 Å². The van der Waals surface area contributed by atoms with Gasteiger partial charge in [0.25, 0.3) is 0 Å². The summed E-state index contributed by atoms with van der Waals surface area (Å²) in [6, 6.07) is -18.5. The lowest BCUT2D eigenvalue weighted by Gasteiger charge is -2.39. The van der Waals surface area contributed by atoms with E-state index in [-0.39, 0.29) is 37.7 Å². The number of ether oxygens (including phenoxy) is 1.